The van der Waals surface area contributed by atoms with Gasteiger partial charge >= 0.3 is 0 Å². The quantitative estimate of drug-likeness (QED) is 0.571. The summed E-state index contributed by atoms with van der Waals surface area (Å²) in [4.78, 5) is 20.7. The monoisotopic (exact) mass is 210 g/mol. The maximum Gasteiger partial charge on any atom is 0.197 e. The van der Waals surface area contributed by atoms with Crippen LogP contribution in [0.4, 0.5) is 0 Å². The maximum absolute atomic E-state index is 12.1. The zero-order chi connectivity index (χ0) is 11.3. The van der Waals surface area contributed by atoms with Gasteiger partial charge in [0.2, 0.25) is 0 Å². The van der Waals surface area contributed by atoms with Crippen LogP contribution in [-0.4, -0.2) is 15.8 Å². The maximum atomic E-state index is 12.1. The van der Waals surface area contributed by atoms with Crippen LogP contribution in [0.15, 0.2) is 24.5 Å². The molecule has 16 heavy (non-hydrogen) atoms. The molecular weight excluding hydrogens is 200 g/mol. The van der Waals surface area contributed by atoms with Crippen LogP contribution in [0.3, 0.4) is 0 Å². The molecule has 0 N–H and O–H groups in total. The lowest BCUT2D eigenvalue weighted by atomic mass is 10.1. The zero-order valence-corrected chi connectivity index (χ0v) is 9.11. The number of rotatable bonds is 0. The molecule has 0 bridgehead atoms. The molecule has 2 heterocycles. The van der Waals surface area contributed by atoms with Gasteiger partial charge in [-0.2, -0.15) is 0 Å². The summed E-state index contributed by atoms with van der Waals surface area (Å²) in [6.07, 6.45) is 3.53. The van der Waals surface area contributed by atoms with E-state index in [0.29, 0.717) is 22.5 Å². The van der Waals surface area contributed by atoms with E-state index in [1.165, 1.54) is 0 Å². The number of aromatic nitrogens is 2. The first-order valence-corrected chi connectivity index (χ1v) is 5.15. The average molecular weight is 210 g/mol. The van der Waals surface area contributed by atoms with Crippen molar-refractivity contribution in [2.75, 3.05) is 0 Å². The van der Waals surface area contributed by atoms with Crippen molar-refractivity contribution in [3.8, 4) is 11.4 Å². The standard InChI is InChI=1S/C13H10N2O/c1-7-3-9-11(14-5-7)12-10(13(9)16)4-8(2)6-15-12/h3-6H,1-2H3. The molecule has 78 valence electrons. The van der Waals surface area contributed by atoms with Gasteiger partial charge in [-0.05, 0) is 37.1 Å². The summed E-state index contributed by atoms with van der Waals surface area (Å²) in [7, 11) is 0. The van der Waals surface area contributed by atoms with E-state index >= 15 is 0 Å². The molecule has 0 unspecified atom stereocenters. The smallest absolute Gasteiger partial charge is 0.197 e. The van der Waals surface area contributed by atoms with Gasteiger partial charge in [-0.15, -0.1) is 0 Å². The minimum Gasteiger partial charge on any atom is -0.288 e. The number of pyridine rings is 2. The van der Waals surface area contributed by atoms with E-state index in [9.17, 15) is 4.79 Å². The Morgan fingerprint density at radius 2 is 1.31 bits per heavy atom. The molecule has 3 rings (SSSR count). The van der Waals surface area contributed by atoms with Crippen LogP contribution in [0.25, 0.3) is 11.4 Å². The van der Waals surface area contributed by atoms with E-state index < -0.39 is 0 Å². The second kappa shape index (κ2) is 2.98. The van der Waals surface area contributed by atoms with Crippen molar-refractivity contribution in [1.82, 2.24) is 9.97 Å². The van der Waals surface area contributed by atoms with Crippen LogP contribution in [0.1, 0.15) is 27.0 Å². The van der Waals surface area contributed by atoms with Crippen molar-refractivity contribution >= 4 is 5.78 Å². The van der Waals surface area contributed by atoms with Crippen LogP contribution in [-0.2, 0) is 0 Å². The third kappa shape index (κ3) is 1.11. The number of hydrogen-bond donors (Lipinski definition) is 0. The number of ketones is 1. The minimum absolute atomic E-state index is 0.0393. The molecular formula is C13H10N2O. The molecule has 0 aromatic carbocycles. The van der Waals surface area contributed by atoms with E-state index in [4.69, 9.17) is 0 Å². The summed E-state index contributed by atoms with van der Waals surface area (Å²) in [5, 5.41) is 0. The number of fused-ring (bicyclic) bond motifs is 3. The van der Waals surface area contributed by atoms with E-state index in [1.807, 2.05) is 26.0 Å². The SMILES string of the molecule is Cc1cnc2c(c1)C(=O)c1cc(C)cnc1-2. The van der Waals surface area contributed by atoms with Crippen molar-refractivity contribution in [3.63, 3.8) is 0 Å². The first-order valence-electron chi connectivity index (χ1n) is 5.15. The Hall–Kier alpha value is -2.03. The van der Waals surface area contributed by atoms with Crippen LogP contribution < -0.4 is 0 Å². The third-order valence-corrected chi connectivity index (χ3v) is 2.76. The predicted octanol–water partition coefficient (Wildman–Crippen LogP) is 2.30. The Bertz CT molecular complexity index is 564. The van der Waals surface area contributed by atoms with Crippen molar-refractivity contribution < 1.29 is 4.79 Å². The average Bonchev–Trinajstić information content (AvgIpc) is 2.53. The van der Waals surface area contributed by atoms with E-state index in [1.54, 1.807) is 12.4 Å². The minimum atomic E-state index is 0.0393. The Labute approximate surface area is 93.2 Å². The molecule has 0 spiro atoms. The van der Waals surface area contributed by atoms with Gasteiger partial charge in [-0.3, -0.25) is 14.8 Å². The van der Waals surface area contributed by atoms with Gasteiger partial charge in [0.15, 0.2) is 5.78 Å². The number of carbonyl (C=O) groups is 1. The van der Waals surface area contributed by atoms with Crippen molar-refractivity contribution in [2.45, 2.75) is 13.8 Å². The molecule has 2 aromatic heterocycles. The van der Waals surface area contributed by atoms with Crippen LogP contribution in [0.2, 0.25) is 0 Å². The molecule has 0 saturated carbocycles. The van der Waals surface area contributed by atoms with Crippen molar-refractivity contribution in [3.05, 3.63) is 46.8 Å². The summed E-state index contributed by atoms with van der Waals surface area (Å²) >= 11 is 0. The second-order valence-electron chi connectivity index (χ2n) is 4.15. The van der Waals surface area contributed by atoms with Gasteiger partial charge in [0, 0.05) is 12.4 Å². The second-order valence-corrected chi connectivity index (χ2v) is 4.15. The van der Waals surface area contributed by atoms with E-state index in [-0.39, 0.29) is 5.78 Å². The van der Waals surface area contributed by atoms with Crippen LogP contribution in [0, 0.1) is 13.8 Å². The lowest BCUT2D eigenvalue weighted by Gasteiger charge is -1.98. The summed E-state index contributed by atoms with van der Waals surface area (Å²) in [5.41, 5.74) is 4.77. The number of aryl methyl sites for hydroxylation is 2. The highest BCUT2D eigenvalue weighted by Crippen LogP contribution is 2.33. The molecule has 0 amide bonds. The van der Waals surface area contributed by atoms with Gasteiger partial charge in [-0.1, -0.05) is 0 Å². The normalized spacial score (nSPS) is 12.5. The fourth-order valence-corrected chi connectivity index (χ4v) is 2.01. The third-order valence-electron chi connectivity index (χ3n) is 2.76. The molecule has 1 aliphatic carbocycles. The molecule has 0 atom stereocenters. The highest BCUT2D eigenvalue weighted by molar-refractivity contribution is 6.20. The zero-order valence-electron chi connectivity index (χ0n) is 9.11. The van der Waals surface area contributed by atoms with E-state index in [2.05, 4.69) is 9.97 Å². The first kappa shape index (κ1) is 9.21. The van der Waals surface area contributed by atoms with Crippen LogP contribution in [0.5, 0.6) is 0 Å². The molecule has 1 aliphatic rings. The van der Waals surface area contributed by atoms with Gasteiger partial charge in [-0.25, -0.2) is 0 Å². The topological polar surface area (TPSA) is 42.9 Å². The van der Waals surface area contributed by atoms with Crippen molar-refractivity contribution in [1.29, 1.82) is 0 Å². The highest BCUT2D eigenvalue weighted by atomic mass is 16.1. The Kier molecular flexibility index (Phi) is 1.72. The molecule has 0 radical (unpaired) electrons. The van der Waals surface area contributed by atoms with Gasteiger partial charge < -0.3 is 0 Å². The highest BCUT2D eigenvalue weighted by Gasteiger charge is 2.29. The van der Waals surface area contributed by atoms with Gasteiger partial charge in [0.05, 0.1) is 11.1 Å². The van der Waals surface area contributed by atoms with Crippen LogP contribution >= 0.6 is 0 Å². The summed E-state index contributed by atoms with van der Waals surface area (Å²) in [6.45, 7) is 3.87. The lowest BCUT2D eigenvalue weighted by Crippen LogP contribution is -1.96. The van der Waals surface area contributed by atoms with Gasteiger partial charge in [0.1, 0.15) is 11.4 Å². The fraction of sp³-hybridized carbons (Fsp3) is 0.154. The summed E-state index contributed by atoms with van der Waals surface area (Å²) in [6, 6.07) is 3.75. The summed E-state index contributed by atoms with van der Waals surface area (Å²) < 4.78 is 0. The number of carbonyl (C=O) groups excluding carboxylic acids is 1. The largest absolute Gasteiger partial charge is 0.288 e. The Morgan fingerprint density at radius 3 is 1.75 bits per heavy atom. The predicted molar refractivity (Wildman–Crippen MR) is 60.4 cm³/mol. The lowest BCUT2D eigenvalue weighted by molar-refractivity contribution is 0.104. The molecule has 0 aliphatic heterocycles. The molecule has 0 saturated heterocycles. The molecule has 0 fully saturated rings. The first-order chi connectivity index (χ1) is 7.66. The molecule has 2 aromatic rings. The van der Waals surface area contributed by atoms with Gasteiger partial charge in [0.25, 0.3) is 0 Å². The van der Waals surface area contributed by atoms with Crippen molar-refractivity contribution in [2.24, 2.45) is 0 Å². The summed E-state index contributed by atoms with van der Waals surface area (Å²) in [5.74, 6) is 0.0393. The van der Waals surface area contributed by atoms with E-state index in [0.717, 1.165) is 11.1 Å². The number of hydrogen-bond acceptors (Lipinski definition) is 3. The molecule has 3 heteroatoms. The Balaban J connectivity index is 2.34. The Morgan fingerprint density at radius 1 is 0.875 bits per heavy atom. The fourth-order valence-electron chi connectivity index (χ4n) is 2.01. The molecule has 3 nitrogen and oxygen atoms in total. The number of nitrogens with zero attached hydrogens (tertiary/aromatic N) is 2.